The first kappa shape index (κ1) is 11.8. The molecule has 1 atom stereocenters. The summed E-state index contributed by atoms with van der Waals surface area (Å²) in [5, 5.41) is 2.62. The molecular formula is C9H11N2O3S-. The van der Waals surface area contributed by atoms with Crippen LogP contribution in [0.15, 0.2) is 18.3 Å². The summed E-state index contributed by atoms with van der Waals surface area (Å²) in [6.07, 6.45) is 1.84. The number of carbonyl (C=O) groups is 1. The van der Waals surface area contributed by atoms with Crippen molar-refractivity contribution in [2.45, 2.75) is 19.1 Å². The van der Waals surface area contributed by atoms with Crippen molar-refractivity contribution in [1.82, 2.24) is 4.98 Å². The zero-order chi connectivity index (χ0) is 11.3. The molecule has 0 spiro atoms. The van der Waals surface area contributed by atoms with E-state index in [-0.39, 0.29) is 11.7 Å². The van der Waals surface area contributed by atoms with Crippen molar-refractivity contribution in [3.63, 3.8) is 0 Å². The second-order valence-electron chi connectivity index (χ2n) is 2.89. The number of hydrogen-bond donors (Lipinski definition) is 1. The molecule has 0 saturated carbocycles. The van der Waals surface area contributed by atoms with E-state index in [1.54, 1.807) is 19.1 Å². The van der Waals surface area contributed by atoms with E-state index in [9.17, 15) is 13.6 Å². The Morgan fingerprint density at radius 2 is 2.33 bits per heavy atom. The molecule has 1 unspecified atom stereocenters. The van der Waals surface area contributed by atoms with Gasteiger partial charge in [-0.15, -0.1) is 0 Å². The summed E-state index contributed by atoms with van der Waals surface area (Å²) in [7, 11) is 0. The average molecular weight is 227 g/mol. The molecule has 0 aliphatic rings. The average Bonchev–Trinajstić information content (AvgIpc) is 2.20. The highest BCUT2D eigenvalue weighted by molar-refractivity contribution is 7.78. The molecule has 1 heterocycles. The van der Waals surface area contributed by atoms with Crippen LogP contribution in [0, 0.1) is 0 Å². The van der Waals surface area contributed by atoms with Gasteiger partial charge in [-0.25, -0.2) is 0 Å². The van der Waals surface area contributed by atoms with Crippen LogP contribution in [-0.2, 0) is 21.6 Å². The van der Waals surface area contributed by atoms with E-state index in [2.05, 4.69) is 10.3 Å². The van der Waals surface area contributed by atoms with E-state index in [0.29, 0.717) is 17.8 Å². The highest BCUT2D eigenvalue weighted by Crippen LogP contribution is 2.07. The van der Waals surface area contributed by atoms with Crippen molar-refractivity contribution in [3.8, 4) is 0 Å². The van der Waals surface area contributed by atoms with E-state index in [0.717, 1.165) is 0 Å². The predicted molar refractivity (Wildman–Crippen MR) is 55.8 cm³/mol. The summed E-state index contributed by atoms with van der Waals surface area (Å²) in [6, 6.07) is 3.20. The monoisotopic (exact) mass is 227 g/mol. The Hall–Kier alpha value is -1.27. The quantitative estimate of drug-likeness (QED) is 0.771. The van der Waals surface area contributed by atoms with Crippen molar-refractivity contribution in [2.75, 3.05) is 5.32 Å². The molecule has 0 aliphatic carbocycles. The third-order valence-corrected chi connectivity index (χ3v) is 2.23. The van der Waals surface area contributed by atoms with E-state index >= 15 is 0 Å². The lowest BCUT2D eigenvalue weighted by Gasteiger charge is -2.06. The Morgan fingerprint density at radius 3 is 2.80 bits per heavy atom. The van der Waals surface area contributed by atoms with Crippen LogP contribution in [0.1, 0.15) is 19.0 Å². The van der Waals surface area contributed by atoms with Crippen LogP contribution in [-0.4, -0.2) is 19.7 Å². The molecule has 1 aromatic rings. The predicted octanol–water partition coefficient (Wildman–Crippen LogP) is 0.809. The van der Waals surface area contributed by atoms with E-state index in [1.807, 2.05) is 0 Å². The molecule has 0 aliphatic heterocycles. The van der Waals surface area contributed by atoms with Gasteiger partial charge < -0.3 is 9.87 Å². The zero-order valence-electron chi connectivity index (χ0n) is 8.23. The summed E-state index contributed by atoms with van der Waals surface area (Å²) in [5.74, 6) is -0.209. The van der Waals surface area contributed by atoms with Crippen molar-refractivity contribution in [3.05, 3.63) is 24.0 Å². The van der Waals surface area contributed by atoms with Crippen LogP contribution in [0.3, 0.4) is 0 Å². The molecule has 1 rings (SSSR count). The SMILES string of the molecule is CCC(=O)Nc1ccc(CS(=O)[O-])nc1. The molecule has 0 aromatic carbocycles. The maximum Gasteiger partial charge on any atom is 0.224 e. The number of nitrogens with one attached hydrogen (secondary N) is 1. The Labute approximate surface area is 90.2 Å². The number of nitrogens with zero attached hydrogens (tertiary/aromatic N) is 1. The number of amides is 1. The fraction of sp³-hybridized carbons (Fsp3) is 0.333. The van der Waals surface area contributed by atoms with Gasteiger partial charge in [-0.1, -0.05) is 6.92 Å². The summed E-state index contributed by atoms with van der Waals surface area (Å²) < 4.78 is 20.7. The van der Waals surface area contributed by atoms with Gasteiger partial charge in [0, 0.05) is 6.42 Å². The molecule has 1 aromatic heterocycles. The van der Waals surface area contributed by atoms with Gasteiger partial charge in [0.15, 0.2) is 0 Å². The maximum atomic E-state index is 11.0. The third-order valence-electron chi connectivity index (χ3n) is 1.70. The van der Waals surface area contributed by atoms with Gasteiger partial charge in [0.05, 0.1) is 23.3 Å². The molecule has 0 fully saturated rings. The highest BCUT2D eigenvalue weighted by Gasteiger charge is 1.99. The molecule has 6 heteroatoms. The number of hydrogen-bond acceptors (Lipinski definition) is 4. The Balaban J connectivity index is 2.64. The maximum absolute atomic E-state index is 11.0. The minimum absolute atomic E-state index is 0.100. The summed E-state index contributed by atoms with van der Waals surface area (Å²) in [5.41, 5.74) is 1.03. The van der Waals surface area contributed by atoms with Gasteiger partial charge in [-0.2, -0.15) is 0 Å². The van der Waals surface area contributed by atoms with Crippen LogP contribution < -0.4 is 5.32 Å². The molecule has 1 N–H and O–H groups in total. The number of carbonyl (C=O) groups excluding carboxylic acids is 1. The Kier molecular flexibility index (Phi) is 4.38. The van der Waals surface area contributed by atoms with Gasteiger partial charge in [-0.3, -0.25) is 14.0 Å². The third kappa shape index (κ3) is 4.18. The van der Waals surface area contributed by atoms with Gasteiger partial charge in [0.1, 0.15) is 0 Å². The summed E-state index contributed by atoms with van der Waals surface area (Å²) in [4.78, 5) is 14.9. The van der Waals surface area contributed by atoms with Crippen LogP contribution >= 0.6 is 0 Å². The van der Waals surface area contributed by atoms with Crippen molar-refractivity contribution in [1.29, 1.82) is 0 Å². The van der Waals surface area contributed by atoms with Crippen LogP contribution in [0.25, 0.3) is 0 Å². The van der Waals surface area contributed by atoms with Crippen molar-refractivity contribution >= 4 is 22.7 Å². The summed E-state index contributed by atoms with van der Waals surface area (Å²) in [6.45, 7) is 1.75. The minimum Gasteiger partial charge on any atom is -0.772 e. The lowest BCUT2D eigenvalue weighted by Crippen LogP contribution is -2.09. The fourth-order valence-electron chi connectivity index (χ4n) is 0.954. The molecule has 15 heavy (non-hydrogen) atoms. The van der Waals surface area contributed by atoms with E-state index < -0.39 is 11.1 Å². The van der Waals surface area contributed by atoms with Crippen LogP contribution in [0.4, 0.5) is 5.69 Å². The van der Waals surface area contributed by atoms with Gasteiger partial charge in [-0.05, 0) is 23.2 Å². The smallest absolute Gasteiger partial charge is 0.224 e. The topological polar surface area (TPSA) is 82.1 Å². The Bertz CT molecular complexity index is 364. The van der Waals surface area contributed by atoms with E-state index in [1.165, 1.54) is 6.20 Å². The fourth-order valence-corrected chi connectivity index (χ4v) is 1.37. The largest absolute Gasteiger partial charge is 0.772 e. The van der Waals surface area contributed by atoms with Crippen molar-refractivity contribution in [2.24, 2.45) is 0 Å². The molecule has 82 valence electrons. The molecular weight excluding hydrogens is 216 g/mol. The van der Waals surface area contributed by atoms with Gasteiger partial charge >= 0.3 is 0 Å². The lowest BCUT2D eigenvalue weighted by molar-refractivity contribution is -0.115. The standard InChI is InChI=1S/C9H12N2O3S/c1-2-9(12)11-7-3-4-8(10-5-7)6-15(13)14/h3-5H,2,6H2,1H3,(H,11,12)(H,13,14)/p-1. The van der Waals surface area contributed by atoms with Crippen molar-refractivity contribution < 1.29 is 13.6 Å². The molecule has 5 nitrogen and oxygen atoms in total. The first-order chi connectivity index (χ1) is 7.11. The Morgan fingerprint density at radius 1 is 1.60 bits per heavy atom. The molecule has 0 radical (unpaired) electrons. The first-order valence-corrected chi connectivity index (χ1v) is 5.67. The van der Waals surface area contributed by atoms with Crippen LogP contribution in [0.5, 0.6) is 0 Å². The first-order valence-electron chi connectivity index (χ1n) is 4.42. The van der Waals surface area contributed by atoms with Crippen LogP contribution in [0.2, 0.25) is 0 Å². The number of rotatable bonds is 4. The number of aromatic nitrogens is 1. The minimum atomic E-state index is -2.14. The lowest BCUT2D eigenvalue weighted by atomic mass is 10.3. The summed E-state index contributed by atoms with van der Waals surface area (Å²) >= 11 is -2.14. The van der Waals surface area contributed by atoms with E-state index in [4.69, 9.17) is 0 Å². The second-order valence-corrected chi connectivity index (χ2v) is 3.78. The highest BCUT2D eigenvalue weighted by atomic mass is 32.2. The second kappa shape index (κ2) is 5.57. The van der Waals surface area contributed by atoms with Gasteiger partial charge in [0.25, 0.3) is 0 Å². The zero-order valence-corrected chi connectivity index (χ0v) is 9.04. The molecule has 1 amide bonds. The number of anilines is 1. The molecule has 0 saturated heterocycles. The van der Waals surface area contributed by atoms with Gasteiger partial charge in [0.2, 0.25) is 5.91 Å². The number of pyridine rings is 1. The molecule has 0 bridgehead atoms. The normalized spacial score (nSPS) is 12.1.